The second kappa shape index (κ2) is 7.05. The Hall–Kier alpha value is -2.45. The molecule has 26 heavy (non-hydrogen) atoms. The number of nitrogens with zero attached hydrogens (tertiary/aromatic N) is 3. The highest BCUT2D eigenvalue weighted by Gasteiger charge is 2.28. The van der Waals surface area contributed by atoms with E-state index >= 15 is 0 Å². The monoisotopic (exact) mass is 387 g/mol. The number of thiazole rings is 1. The molecule has 1 aliphatic heterocycles. The maximum Gasteiger partial charge on any atom is 0.265 e. The number of thiophene rings is 1. The standard InChI is InChI=1S/C18H17N3O3S2/c1-12-15(26-16(19-12)14-3-2-10-25-14)18(23)21-7-5-20(6-8-21)17(22)13-4-9-24-11-13/h2-4,9-11H,5-8H2,1H3. The smallest absolute Gasteiger partial charge is 0.265 e. The van der Waals surface area contributed by atoms with Gasteiger partial charge in [0.15, 0.2) is 0 Å². The minimum absolute atomic E-state index is 0.00165. The molecule has 8 heteroatoms. The summed E-state index contributed by atoms with van der Waals surface area (Å²) in [5, 5.41) is 2.89. The quantitative estimate of drug-likeness (QED) is 0.691. The van der Waals surface area contributed by atoms with Crippen molar-refractivity contribution in [3.05, 3.63) is 52.2 Å². The Balaban J connectivity index is 1.43. The van der Waals surface area contributed by atoms with Crippen LogP contribution in [0.3, 0.4) is 0 Å². The van der Waals surface area contributed by atoms with Crippen LogP contribution in [0, 0.1) is 6.92 Å². The number of rotatable bonds is 3. The lowest BCUT2D eigenvalue weighted by molar-refractivity contribution is 0.0537. The molecule has 4 heterocycles. The summed E-state index contributed by atoms with van der Waals surface area (Å²) in [6, 6.07) is 5.65. The largest absolute Gasteiger partial charge is 0.472 e. The van der Waals surface area contributed by atoms with Gasteiger partial charge in [0.2, 0.25) is 0 Å². The molecule has 0 aliphatic carbocycles. The van der Waals surface area contributed by atoms with Crippen LogP contribution in [-0.2, 0) is 0 Å². The zero-order valence-electron chi connectivity index (χ0n) is 14.2. The van der Waals surface area contributed by atoms with Crippen LogP contribution in [0.15, 0.2) is 40.5 Å². The lowest BCUT2D eigenvalue weighted by Crippen LogP contribution is -2.50. The van der Waals surface area contributed by atoms with Gasteiger partial charge in [-0.2, -0.15) is 0 Å². The van der Waals surface area contributed by atoms with Crippen molar-refractivity contribution >= 4 is 34.5 Å². The van der Waals surface area contributed by atoms with Crippen molar-refractivity contribution in [1.29, 1.82) is 0 Å². The second-order valence-electron chi connectivity index (χ2n) is 6.01. The lowest BCUT2D eigenvalue weighted by Gasteiger charge is -2.34. The highest BCUT2D eigenvalue weighted by atomic mass is 32.1. The Morgan fingerprint density at radius 1 is 1.12 bits per heavy atom. The SMILES string of the molecule is Cc1nc(-c2cccs2)sc1C(=O)N1CCN(C(=O)c2ccoc2)CC1. The first-order valence-electron chi connectivity index (χ1n) is 8.25. The van der Waals surface area contributed by atoms with Crippen LogP contribution in [-0.4, -0.2) is 52.8 Å². The number of hydrogen-bond donors (Lipinski definition) is 0. The maximum absolute atomic E-state index is 12.9. The van der Waals surface area contributed by atoms with Crippen molar-refractivity contribution in [3.63, 3.8) is 0 Å². The Kier molecular flexibility index (Phi) is 4.60. The maximum atomic E-state index is 12.9. The van der Waals surface area contributed by atoms with Gasteiger partial charge in [-0.05, 0) is 24.4 Å². The summed E-state index contributed by atoms with van der Waals surface area (Å²) in [5.74, 6) is -0.0574. The number of furan rings is 1. The third-order valence-electron chi connectivity index (χ3n) is 4.35. The molecule has 2 amide bonds. The molecule has 6 nitrogen and oxygen atoms in total. The van der Waals surface area contributed by atoms with E-state index in [1.165, 1.54) is 23.9 Å². The molecule has 0 radical (unpaired) electrons. The summed E-state index contributed by atoms with van der Waals surface area (Å²) < 4.78 is 4.97. The fraction of sp³-hybridized carbons (Fsp3) is 0.278. The van der Waals surface area contributed by atoms with E-state index in [9.17, 15) is 9.59 Å². The number of amides is 2. The fourth-order valence-electron chi connectivity index (χ4n) is 2.93. The van der Waals surface area contributed by atoms with Gasteiger partial charge in [-0.15, -0.1) is 22.7 Å². The predicted molar refractivity (Wildman–Crippen MR) is 101 cm³/mol. The summed E-state index contributed by atoms with van der Waals surface area (Å²) in [7, 11) is 0. The molecule has 4 rings (SSSR count). The first-order chi connectivity index (χ1) is 12.6. The predicted octanol–water partition coefficient (Wildman–Crippen LogP) is 3.37. The highest BCUT2D eigenvalue weighted by Crippen LogP contribution is 2.31. The molecule has 1 saturated heterocycles. The van der Waals surface area contributed by atoms with Gasteiger partial charge in [0.05, 0.1) is 22.4 Å². The Bertz CT molecular complexity index is 908. The van der Waals surface area contributed by atoms with E-state index in [0.717, 1.165) is 15.6 Å². The van der Waals surface area contributed by atoms with Crippen molar-refractivity contribution in [2.75, 3.05) is 26.2 Å². The Labute approximate surface area is 158 Å². The van der Waals surface area contributed by atoms with E-state index in [4.69, 9.17) is 4.42 Å². The second-order valence-corrected chi connectivity index (χ2v) is 7.95. The molecular weight excluding hydrogens is 370 g/mol. The summed E-state index contributed by atoms with van der Waals surface area (Å²) >= 11 is 3.06. The van der Waals surface area contributed by atoms with Crippen molar-refractivity contribution in [3.8, 4) is 9.88 Å². The molecule has 1 aliphatic rings. The van der Waals surface area contributed by atoms with Crippen molar-refractivity contribution in [2.45, 2.75) is 6.92 Å². The number of carbonyl (C=O) groups is 2. The molecule has 134 valence electrons. The van der Waals surface area contributed by atoms with Crippen LogP contribution in [0.4, 0.5) is 0 Å². The number of hydrogen-bond acceptors (Lipinski definition) is 6. The molecule has 3 aromatic rings. The van der Waals surface area contributed by atoms with Gasteiger partial charge in [-0.1, -0.05) is 6.07 Å². The lowest BCUT2D eigenvalue weighted by atomic mass is 10.2. The molecule has 0 spiro atoms. The van der Waals surface area contributed by atoms with Gasteiger partial charge >= 0.3 is 0 Å². The molecule has 0 saturated carbocycles. The zero-order valence-corrected chi connectivity index (χ0v) is 15.8. The molecule has 1 fully saturated rings. The number of piperazine rings is 1. The van der Waals surface area contributed by atoms with Gasteiger partial charge < -0.3 is 14.2 Å². The number of aryl methyl sites for hydroxylation is 1. The molecule has 0 unspecified atom stereocenters. The van der Waals surface area contributed by atoms with Gasteiger partial charge in [0.25, 0.3) is 11.8 Å². The number of carbonyl (C=O) groups excluding carboxylic acids is 2. The van der Waals surface area contributed by atoms with Gasteiger partial charge in [-0.3, -0.25) is 9.59 Å². The molecule has 0 bridgehead atoms. The van der Waals surface area contributed by atoms with Crippen molar-refractivity contribution < 1.29 is 14.0 Å². The molecule has 0 atom stereocenters. The topological polar surface area (TPSA) is 66.7 Å². The van der Waals surface area contributed by atoms with E-state index in [-0.39, 0.29) is 11.8 Å². The normalized spacial score (nSPS) is 14.7. The van der Waals surface area contributed by atoms with E-state index in [2.05, 4.69) is 4.98 Å². The van der Waals surface area contributed by atoms with Gasteiger partial charge in [-0.25, -0.2) is 4.98 Å². The first kappa shape index (κ1) is 17.0. The van der Waals surface area contributed by atoms with Crippen molar-refractivity contribution in [1.82, 2.24) is 14.8 Å². The van der Waals surface area contributed by atoms with Crippen LogP contribution in [0.5, 0.6) is 0 Å². The van der Waals surface area contributed by atoms with Crippen LogP contribution in [0.25, 0.3) is 9.88 Å². The van der Waals surface area contributed by atoms with E-state index in [0.29, 0.717) is 36.6 Å². The van der Waals surface area contributed by atoms with Crippen LogP contribution in [0.1, 0.15) is 25.7 Å². The van der Waals surface area contributed by atoms with Crippen LogP contribution >= 0.6 is 22.7 Å². The summed E-state index contributed by atoms with van der Waals surface area (Å²) in [6.07, 6.45) is 2.94. The summed E-state index contributed by atoms with van der Waals surface area (Å²) in [6.45, 7) is 3.96. The van der Waals surface area contributed by atoms with E-state index in [1.807, 2.05) is 24.4 Å². The molecule has 3 aromatic heterocycles. The Morgan fingerprint density at radius 3 is 2.46 bits per heavy atom. The average molecular weight is 387 g/mol. The first-order valence-corrected chi connectivity index (χ1v) is 9.95. The number of aromatic nitrogens is 1. The molecular formula is C18H17N3O3S2. The van der Waals surface area contributed by atoms with Gasteiger partial charge in [0.1, 0.15) is 16.1 Å². The fourth-order valence-corrected chi connectivity index (χ4v) is 4.76. The van der Waals surface area contributed by atoms with E-state index < -0.39 is 0 Å². The average Bonchev–Trinajstić information content (AvgIpc) is 3.41. The zero-order chi connectivity index (χ0) is 18.1. The summed E-state index contributed by atoms with van der Waals surface area (Å²) in [5.41, 5.74) is 1.31. The molecule has 0 aromatic carbocycles. The Morgan fingerprint density at radius 2 is 1.85 bits per heavy atom. The summed E-state index contributed by atoms with van der Waals surface area (Å²) in [4.78, 5) is 35.1. The van der Waals surface area contributed by atoms with Crippen LogP contribution in [0.2, 0.25) is 0 Å². The van der Waals surface area contributed by atoms with Gasteiger partial charge in [0, 0.05) is 26.2 Å². The van der Waals surface area contributed by atoms with E-state index in [1.54, 1.807) is 27.2 Å². The minimum atomic E-state index is -0.0557. The third kappa shape index (κ3) is 3.17. The van der Waals surface area contributed by atoms with Crippen LogP contribution < -0.4 is 0 Å². The third-order valence-corrected chi connectivity index (χ3v) is 6.53. The molecule has 0 N–H and O–H groups in total. The minimum Gasteiger partial charge on any atom is -0.472 e. The van der Waals surface area contributed by atoms with Crippen molar-refractivity contribution in [2.24, 2.45) is 0 Å². The highest BCUT2D eigenvalue weighted by molar-refractivity contribution is 7.22.